The molecule has 0 atom stereocenters. The van der Waals surface area contributed by atoms with E-state index in [9.17, 15) is 0 Å². The summed E-state index contributed by atoms with van der Waals surface area (Å²) in [6.45, 7) is 7.79. The monoisotopic (exact) mass is 233 g/mol. The summed E-state index contributed by atoms with van der Waals surface area (Å²) in [5, 5.41) is 3.39. The Kier molecular flexibility index (Phi) is 4.02. The molecule has 1 saturated heterocycles. The minimum atomic E-state index is 1.07. The zero-order valence-electron chi connectivity index (χ0n) is 11.2. The Morgan fingerprint density at radius 2 is 1.94 bits per heavy atom. The number of hydrogen-bond donors (Lipinski definition) is 1. The second kappa shape index (κ2) is 5.52. The summed E-state index contributed by atoms with van der Waals surface area (Å²) >= 11 is 0. The average molecular weight is 233 g/mol. The Bertz CT molecular complexity index is 368. The van der Waals surface area contributed by atoms with Crippen molar-refractivity contribution in [1.82, 2.24) is 10.2 Å². The Morgan fingerprint density at radius 3 is 2.59 bits per heavy atom. The maximum Gasteiger partial charge on any atom is 0.0393 e. The lowest BCUT2D eigenvalue weighted by atomic mass is 10.1. The Hall–Kier alpha value is -1.06. The molecule has 2 rings (SSSR count). The van der Waals surface area contributed by atoms with Crippen molar-refractivity contribution in [1.29, 1.82) is 0 Å². The van der Waals surface area contributed by atoms with Crippen LogP contribution < -0.4 is 10.2 Å². The Labute approximate surface area is 104 Å². The van der Waals surface area contributed by atoms with Crippen molar-refractivity contribution < 1.29 is 0 Å². The number of aryl methyl sites for hydroxylation is 1. The van der Waals surface area contributed by atoms with Crippen LogP contribution in [0.15, 0.2) is 18.2 Å². The SMILES string of the molecule is Cc1ccc(CN2CCNCC2)cc1N(C)C. The molecule has 17 heavy (non-hydrogen) atoms. The van der Waals surface area contributed by atoms with E-state index in [1.54, 1.807) is 0 Å². The van der Waals surface area contributed by atoms with Gasteiger partial charge >= 0.3 is 0 Å². The van der Waals surface area contributed by atoms with E-state index in [1.807, 2.05) is 0 Å². The van der Waals surface area contributed by atoms with Crippen LogP contribution in [0.25, 0.3) is 0 Å². The van der Waals surface area contributed by atoms with Crippen LogP contribution in [-0.4, -0.2) is 45.2 Å². The summed E-state index contributed by atoms with van der Waals surface area (Å²) in [6.07, 6.45) is 0. The second-order valence-corrected chi connectivity index (χ2v) is 5.04. The molecule has 1 N–H and O–H groups in total. The lowest BCUT2D eigenvalue weighted by molar-refractivity contribution is 0.233. The number of benzene rings is 1. The van der Waals surface area contributed by atoms with Crippen LogP contribution in [0.3, 0.4) is 0 Å². The molecular weight excluding hydrogens is 210 g/mol. The van der Waals surface area contributed by atoms with Gasteiger partial charge in [-0.25, -0.2) is 0 Å². The Balaban J connectivity index is 2.07. The van der Waals surface area contributed by atoms with Gasteiger partial charge in [0, 0.05) is 52.5 Å². The highest BCUT2D eigenvalue weighted by Crippen LogP contribution is 2.20. The standard InChI is InChI=1S/C14H23N3/c1-12-4-5-13(10-14(12)16(2)3)11-17-8-6-15-7-9-17/h4-5,10,15H,6-9,11H2,1-3H3. The van der Waals surface area contributed by atoms with Gasteiger partial charge in [-0.3, -0.25) is 4.90 Å². The lowest BCUT2D eigenvalue weighted by Gasteiger charge is -2.27. The maximum absolute atomic E-state index is 3.39. The van der Waals surface area contributed by atoms with Crippen LogP contribution in [0.5, 0.6) is 0 Å². The van der Waals surface area contributed by atoms with Crippen molar-refractivity contribution in [2.24, 2.45) is 0 Å². The van der Waals surface area contributed by atoms with E-state index in [0.29, 0.717) is 0 Å². The van der Waals surface area contributed by atoms with Crippen LogP contribution in [0.2, 0.25) is 0 Å². The molecule has 0 aromatic heterocycles. The lowest BCUT2D eigenvalue weighted by Crippen LogP contribution is -2.42. The first kappa shape index (κ1) is 12.4. The molecule has 1 aliphatic rings. The predicted octanol–water partition coefficient (Wildman–Crippen LogP) is 1.47. The average Bonchev–Trinajstić information content (AvgIpc) is 2.32. The third-order valence-electron chi connectivity index (χ3n) is 3.37. The highest BCUT2D eigenvalue weighted by Gasteiger charge is 2.10. The number of nitrogens with zero attached hydrogens (tertiary/aromatic N) is 2. The number of hydrogen-bond acceptors (Lipinski definition) is 3. The zero-order valence-corrected chi connectivity index (χ0v) is 11.2. The summed E-state index contributed by atoms with van der Waals surface area (Å²) in [5.41, 5.74) is 4.10. The van der Waals surface area contributed by atoms with Gasteiger partial charge in [-0.1, -0.05) is 12.1 Å². The van der Waals surface area contributed by atoms with Gasteiger partial charge in [0.2, 0.25) is 0 Å². The third kappa shape index (κ3) is 3.20. The van der Waals surface area contributed by atoms with Gasteiger partial charge in [0.25, 0.3) is 0 Å². The van der Waals surface area contributed by atoms with Gasteiger partial charge < -0.3 is 10.2 Å². The molecule has 0 spiro atoms. The first-order valence-electron chi connectivity index (χ1n) is 6.37. The summed E-state index contributed by atoms with van der Waals surface area (Å²) < 4.78 is 0. The van der Waals surface area contributed by atoms with Gasteiger partial charge in [-0.15, -0.1) is 0 Å². The van der Waals surface area contributed by atoms with Gasteiger partial charge in [-0.05, 0) is 24.1 Å². The normalized spacial score (nSPS) is 17.1. The molecule has 3 nitrogen and oxygen atoms in total. The van der Waals surface area contributed by atoms with E-state index in [0.717, 1.165) is 32.7 Å². The quantitative estimate of drug-likeness (QED) is 0.853. The van der Waals surface area contributed by atoms with E-state index in [-0.39, 0.29) is 0 Å². The number of piperazine rings is 1. The van der Waals surface area contributed by atoms with E-state index >= 15 is 0 Å². The molecule has 1 fully saturated rings. The van der Waals surface area contributed by atoms with E-state index in [4.69, 9.17) is 0 Å². The molecule has 0 radical (unpaired) electrons. The van der Waals surface area contributed by atoms with Crippen LogP contribution in [0, 0.1) is 6.92 Å². The third-order valence-corrected chi connectivity index (χ3v) is 3.37. The summed E-state index contributed by atoms with van der Waals surface area (Å²) in [4.78, 5) is 4.71. The smallest absolute Gasteiger partial charge is 0.0393 e. The second-order valence-electron chi connectivity index (χ2n) is 5.04. The highest BCUT2D eigenvalue weighted by molar-refractivity contribution is 5.53. The first-order valence-corrected chi connectivity index (χ1v) is 6.37. The van der Waals surface area contributed by atoms with Gasteiger partial charge in [0.1, 0.15) is 0 Å². The largest absolute Gasteiger partial charge is 0.377 e. The van der Waals surface area contributed by atoms with Crippen molar-refractivity contribution >= 4 is 5.69 Å². The van der Waals surface area contributed by atoms with Crippen molar-refractivity contribution in [2.45, 2.75) is 13.5 Å². The summed E-state index contributed by atoms with van der Waals surface area (Å²) in [5.74, 6) is 0. The number of anilines is 1. The van der Waals surface area contributed by atoms with Crippen molar-refractivity contribution in [2.75, 3.05) is 45.2 Å². The fraction of sp³-hybridized carbons (Fsp3) is 0.571. The maximum atomic E-state index is 3.39. The molecule has 0 saturated carbocycles. The minimum Gasteiger partial charge on any atom is -0.377 e. The van der Waals surface area contributed by atoms with Crippen molar-refractivity contribution in [3.05, 3.63) is 29.3 Å². The van der Waals surface area contributed by atoms with E-state index < -0.39 is 0 Å². The predicted molar refractivity (Wildman–Crippen MR) is 73.7 cm³/mol. The number of nitrogens with one attached hydrogen (secondary N) is 1. The van der Waals surface area contributed by atoms with Gasteiger partial charge in [-0.2, -0.15) is 0 Å². The summed E-state index contributed by atoms with van der Waals surface area (Å²) in [6, 6.07) is 6.80. The molecular formula is C14H23N3. The Morgan fingerprint density at radius 1 is 1.24 bits per heavy atom. The molecule has 1 aromatic rings. The minimum absolute atomic E-state index is 1.07. The van der Waals surface area contributed by atoms with Crippen LogP contribution in [0.4, 0.5) is 5.69 Å². The molecule has 0 amide bonds. The van der Waals surface area contributed by atoms with E-state index in [2.05, 4.69) is 54.3 Å². The molecule has 0 bridgehead atoms. The summed E-state index contributed by atoms with van der Waals surface area (Å²) in [7, 11) is 4.22. The van der Waals surface area contributed by atoms with E-state index in [1.165, 1.54) is 16.8 Å². The molecule has 3 heteroatoms. The molecule has 1 aliphatic heterocycles. The van der Waals surface area contributed by atoms with Crippen LogP contribution in [0.1, 0.15) is 11.1 Å². The van der Waals surface area contributed by atoms with Gasteiger partial charge in [0.05, 0.1) is 0 Å². The number of rotatable bonds is 3. The van der Waals surface area contributed by atoms with Crippen LogP contribution >= 0.6 is 0 Å². The first-order chi connectivity index (χ1) is 8.16. The molecule has 0 aliphatic carbocycles. The zero-order chi connectivity index (χ0) is 12.3. The topological polar surface area (TPSA) is 18.5 Å². The van der Waals surface area contributed by atoms with Gasteiger partial charge in [0.15, 0.2) is 0 Å². The van der Waals surface area contributed by atoms with Crippen molar-refractivity contribution in [3.63, 3.8) is 0 Å². The molecule has 1 aromatic carbocycles. The highest BCUT2D eigenvalue weighted by atomic mass is 15.2. The van der Waals surface area contributed by atoms with Crippen molar-refractivity contribution in [3.8, 4) is 0 Å². The molecule has 0 unspecified atom stereocenters. The van der Waals surface area contributed by atoms with Crippen LogP contribution in [-0.2, 0) is 6.54 Å². The molecule has 94 valence electrons. The molecule has 1 heterocycles. The fourth-order valence-electron chi connectivity index (χ4n) is 2.36. The fourth-order valence-corrected chi connectivity index (χ4v) is 2.36.